The monoisotopic (exact) mass is 386 g/mol. The number of aryl methyl sites for hydroxylation is 3. The number of anilines is 1. The van der Waals surface area contributed by atoms with Gasteiger partial charge in [0.1, 0.15) is 11.3 Å². The quantitative estimate of drug-likeness (QED) is 0.343. The van der Waals surface area contributed by atoms with Gasteiger partial charge >= 0.3 is 0 Å². The first-order valence-electron chi connectivity index (χ1n) is 9.12. The lowest BCUT2D eigenvalue weighted by atomic mass is 10.2. The van der Waals surface area contributed by atoms with Gasteiger partial charge < -0.3 is 15.0 Å². The Hall–Kier alpha value is -2.19. The van der Waals surface area contributed by atoms with Crippen molar-refractivity contribution in [1.82, 2.24) is 24.5 Å². The summed E-state index contributed by atoms with van der Waals surface area (Å²) in [5.41, 5.74) is 10.1. The Morgan fingerprint density at radius 2 is 1.93 bits per heavy atom. The highest BCUT2D eigenvalue weighted by Crippen LogP contribution is 2.27. The fourth-order valence-electron chi connectivity index (χ4n) is 3.07. The fraction of sp³-hybridized carbons (Fsp3) is 0.474. The molecule has 0 saturated carbocycles. The molecule has 2 N–H and O–H groups in total. The number of unbranched alkanes of at least 4 members (excludes halogenated alkanes) is 1. The van der Waals surface area contributed by atoms with E-state index in [9.17, 15) is 0 Å². The highest BCUT2D eigenvalue weighted by Gasteiger charge is 2.17. The minimum Gasteiger partial charge on any atom is -0.384 e. The molecule has 0 aliphatic carbocycles. The Bertz CT molecular complexity index is 896. The molecule has 3 heterocycles. The fourth-order valence-corrected chi connectivity index (χ4v) is 3.87. The molecule has 0 aliphatic heterocycles. The van der Waals surface area contributed by atoms with Gasteiger partial charge in [-0.25, -0.2) is 19.9 Å². The molecule has 27 heavy (non-hydrogen) atoms. The SMILES string of the molecule is COCCc1nc2c(N)nc(C)c(C)c2n1CCCCSc1ncccn1. The molecule has 0 fully saturated rings. The average molecular weight is 387 g/mol. The maximum Gasteiger partial charge on any atom is 0.187 e. The van der Waals surface area contributed by atoms with Crippen molar-refractivity contribution in [3.8, 4) is 0 Å². The van der Waals surface area contributed by atoms with Gasteiger partial charge in [-0.15, -0.1) is 0 Å². The molecule has 144 valence electrons. The van der Waals surface area contributed by atoms with Crippen LogP contribution in [0.2, 0.25) is 0 Å². The normalized spacial score (nSPS) is 11.4. The molecule has 0 unspecified atom stereocenters. The first-order chi connectivity index (χ1) is 13.1. The van der Waals surface area contributed by atoms with Gasteiger partial charge in [0, 0.05) is 43.9 Å². The summed E-state index contributed by atoms with van der Waals surface area (Å²) in [6, 6.07) is 1.83. The van der Waals surface area contributed by atoms with E-state index in [2.05, 4.69) is 26.4 Å². The Balaban J connectivity index is 1.73. The summed E-state index contributed by atoms with van der Waals surface area (Å²) in [7, 11) is 1.71. The average Bonchev–Trinajstić information content (AvgIpc) is 3.04. The predicted molar refractivity (Wildman–Crippen MR) is 109 cm³/mol. The van der Waals surface area contributed by atoms with Crippen LogP contribution in [0.3, 0.4) is 0 Å². The molecule has 3 rings (SSSR count). The van der Waals surface area contributed by atoms with E-state index in [1.54, 1.807) is 31.3 Å². The number of ether oxygens (including phenoxy) is 1. The summed E-state index contributed by atoms with van der Waals surface area (Å²) in [5.74, 6) is 2.50. The zero-order valence-electron chi connectivity index (χ0n) is 16.1. The number of methoxy groups -OCH3 is 1. The van der Waals surface area contributed by atoms with Crippen LogP contribution in [0.15, 0.2) is 23.6 Å². The molecule has 0 aromatic carbocycles. The Morgan fingerprint density at radius 3 is 2.67 bits per heavy atom. The van der Waals surface area contributed by atoms with E-state index in [1.165, 1.54) is 0 Å². The molecule has 3 aromatic heterocycles. The van der Waals surface area contributed by atoms with Crippen molar-refractivity contribution < 1.29 is 4.74 Å². The van der Waals surface area contributed by atoms with Gasteiger partial charge in [0.25, 0.3) is 0 Å². The van der Waals surface area contributed by atoms with Crippen LogP contribution in [0, 0.1) is 13.8 Å². The van der Waals surface area contributed by atoms with Crippen LogP contribution in [0.25, 0.3) is 11.0 Å². The van der Waals surface area contributed by atoms with E-state index in [0.29, 0.717) is 12.4 Å². The molecule has 0 radical (unpaired) electrons. The number of imidazole rings is 1. The molecule has 0 amide bonds. The second-order valence-electron chi connectivity index (χ2n) is 6.41. The lowest BCUT2D eigenvalue weighted by molar-refractivity contribution is 0.199. The Kier molecular flexibility index (Phi) is 6.63. The summed E-state index contributed by atoms with van der Waals surface area (Å²) in [4.78, 5) is 17.7. The number of nitrogen functional groups attached to an aromatic ring is 1. The summed E-state index contributed by atoms with van der Waals surface area (Å²) in [6.07, 6.45) is 6.43. The minimum atomic E-state index is 0.502. The highest BCUT2D eigenvalue weighted by atomic mass is 32.2. The molecule has 0 atom stereocenters. The standard InChI is InChI=1S/C19H26N6OS/c1-13-14(2)23-18(20)16-17(13)25(15(24-16)7-11-26-3)10-4-5-12-27-19-21-8-6-9-22-19/h6,8-9H,4-5,7,10-12H2,1-3H3,(H2,20,23). The number of pyridine rings is 1. The van der Waals surface area contributed by atoms with E-state index in [1.807, 2.05) is 13.0 Å². The second-order valence-corrected chi connectivity index (χ2v) is 7.48. The van der Waals surface area contributed by atoms with Gasteiger partial charge in [0.15, 0.2) is 11.0 Å². The molecule has 7 nitrogen and oxygen atoms in total. The lowest BCUT2D eigenvalue weighted by Crippen LogP contribution is -2.08. The Labute approximate surface area is 163 Å². The van der Waals surface area contributed by atoms with Gasteiger partial charge in [-0.05, 0) is 38.3 Å². The van der Waals surface area contributed by atoms with Crippen molar-refractivity contribution in [3.63, 3.8) is 0 Å². The predicted octanol–water partition coefficient (Wildman–Crippen LogP) is 3.18. The van der Waals surface area contributed by atoms with Crippen molar-refractivity contribution in [2.24, 2.45) is 0 Å². The number of hydrogen-bond acceptors (Lipinski definition) is 7. The minimum absolute atomic E-state index is 0.502. The molecule has 0 aliphatic rings. The van der Waals surface area contributed by atoms with Crippen molar-refractivity contribution >= 4 is 28.6 Å². The number of nitrogens with two attached hydrogens (primary N) is 1. The molecule has 0 spiro atoms. The lowest BCUT2D eigenvalue weighted by Gasteiger charge is -2.11. The maximum absolute atomic E-state index is 6.14. The molecular weight excluding hydrogens is 360 g/mol. The number of thioether (sulfide) groups is 1. The summed E-state index contributed by atoms with van der Waals surface area (Å²) >= 11 is 1.69. The zero-order valence-corrected chi connectivity index (χ0v) is 16.9. The maximum atomic E-state index is 6.14. The third kappa shape index (κ3) is 4.56. The number of fused-ring (bicyclic) bond motifs is 1. The number of rotatable bonds is 9. The van der Waals surface area contributed by atoms with Crippen LogP contribution >= 0.6 is 11.8 Å². The zero-order chi connectivity index (χ0) is 19.2. The van der Waals surface area contributed by atoms with Crippen molar-refractivity contribution in [1.29, 1.82) is 0 Å². The van der Waals surface area contributed by atoms with Crippen LogP contribution in [-0.2, 0) is 17.7 Å². The van der Waals surface area contributed by atoms with Crippen molar-refractivity contribution in [3.05, 3.63) is 35.5 Å². The molecular formula is C19H26N6OS. The molecule has 0 bridgehead atoms. The molecule has 0 saturated heterocycles. The first kappa shape index (κ1) is 19.6. The smallest absolute Gasteiger partial charge is 0.187 e. The van der Waals surface area contributed by atoms with Crippen molar-refractivity contribution in [2.45, 2.75) is 44.8 Å². The van der Waals surface area contributed by atoms with Gasteiger partial charge in [0.2, 0.25) is 0 Å². The molecule has 3 aromatic rings. The third-order valence-electron chi connectivity index (χ3n) is 4.55. The van der Waals surface area contributed by atoms with Gasteiger partial charge in [-0.3, -0.25) is 0 Å². The second kappa shape index (κ2) is 9.14. The van der Waals surface area contributed by atoms with Crippen LogP contribution in [-0.4, -0.2) is 44.0 Å². The van der Waals surface area contributed by atoms with Crippen molar-refractivity contribution in [2.75, 3.05) is 25.2 Å². The van der Waals surface area contributed by atoms with E-state index in [4.69, 9.17) is 15.5 Å². The topological polar surface area (TPSA) is 91.7 Å². The van der Waals surface area contributed by atoms with Crippen LogP contribution in [0.5, 0.6) is 0 Å². The van der Waals surface area contributed by atoms with Gasteiger partial charge in [-0.2, -0.15) is 0 Å². The van der Waals surface area contributed by atoms with E-state index < -0.39 is 0 Å². The highest BCUT2D eigenvalue weighted by molar-refractivity contribution is 7.99. The van der Waals surface area contributed by atoms with Gasteiger partial charge in [-0.1, -0.05) is 11.8 Å². The van der Waals surface area contributed by atoms with E-state index in [-0.39, 0.29) is 0 Å². The molecule has 8 heteroatoms. The summed E-state index contributed by atoms with van der Waals surface area (Å²) in [5, 5.41) is 0.830. The largest absolute Gasteiger partial charge is 0.384 e. The van der Waals surface area contributed by atoms with Crippen LogP contribution in [0.1, 0.15) is 29.9 Å². The summed E-state index contributed by atoms with van der Waals surface area (Å²) < 4.78 is 7.55. The third-order valence-corrected chi connectivity index (χ3v) is 5.52. The van der Waals surface area contributed by atoms with Gasteiger partial charge in [0.05, 0.1) is 12.1 Å². The number of hydrogen-bond donors (Lipinski definition) is 1. The first-order valence-corrected chi connectivity index (χ1v) is 10.1. The van der Waals surface area contributed by atoms with Crippen LogP contribution < -0.4 is 5.73 Å². The Morgan fingerprint density at radius 1 is 1.15 bits per heavy atom. The summed E-state index contributed by atoms with van der Waals surface area (Å²) in [6.45, 7) is 5.62. The van der Waals surface area contributed by atoms with E-state index in [0.717, 1.165) is 64.8 Å². The number of nitrogens with zero attached hydrogens (tertiary/aromatic N) is 5. The van der Waals surface area contributed by atoms with Crippen LogP contribution in [0.4, 0.5) is 5.82 Å². The number of aromatic nitrogens is 5. The van der Waals surface area contributed by atoms with E-state index >= 15 is 0 Å².